The summed E-state index contributed by atoms with van der Waals surface area (Å²) in [6.45, 7) is 0. The number of nitrogens with zero attached hydrogens (tertiary/aromatic N) is 1. The number of hydrogen-bond donors (Lipinski definition) is 1. The highest BCUT2D eigenvalue weighted by atomic mass is 35.5. The normalized spacial score (nSPS) is 12.4. The van der Waals surface area contributed by atoms with Crippen molar-refractivity contribution in [1.29, 1.82) is 0 Å². The Kier molecular flexibility index (Phi) is 3.54. The third-order valence-electron chi connectivity index (χ3n) is 2.48. The van der Waals surface area contributed by atoms with Crippen molar-refractivity contribution in [2.45, 2.75) is 12.5 Å². The molecule has 0 bridgehead atoms. The average molecular weight is 233 g/mol. The fourth-order valence-electron chi connectivity index (χ4n) is 1.60. The van der Waals surface area contributed by atoms with Crippen molar-refractivity contribution in [2.24, 2.45) is 5.73 Å². The molecule has 82 valence electrons. The van der Waals surface area contributed by atoms with Crippen LogP contribution in [0.1, 0.15) is 17.2 Å². The Bertz CT molecular complexity index is 439. The van der Waals surface area contributed by atoms with Gasteiger partial charge >= 0.3 is 0 Å². The second-order valence-electron chi connectivity index (χ2n) is 3.72. The maximum Gasteiger partial charge on any atom is 0.0406 e. The molecule has 0 saturated carbocycles. The second kappa shape index (κ2) is 5.10. The van der Waals surface area contributed by atoms with Gasteiger partial charge in [-0.1, -0.05) is 29.8 Å². The zero-order valence-corrected chi connectivity index (χ0v) is 9.56. The molecule has 1 unspecified atom stereocenters. The smallest absolute Gasteiger partial charge is 0.0406 e. The Morgan fingerprint density at radius 1 is 1.19 bits per heavy atom. The van der Waals surface area contributed by atoms with Crippen molar-refractivity contribution >= 4 is 11.6 Å². The Balaban J connectivity index is 2.09. The first-order valence-corrected chi connectivity index (χ1v) is 5.53. The predicted molar refractivity (Wildman–Crippen MR) is 66.3 cm³/mol. The van der Waals surface area contributed by atoms with Gasteiger partial charge in [0.1, 0.15) is 0 Å². The molecule has 1 atom stereocenters. The summed E-state index contributed by atoms with van der Waals surface area (Å²) in [7, 11) is 0. The summed E-state index contributed by atoms with van der Waals surface area (Å²) in [4.78, 5) is 4.07. The van der Waals surface area contributed by atoms with E-state index >= 15 is 0 Å². The van der Waals surface area contributed by atoms with E-state index in [1.54, 1.807) is 6.20 Å². The highest BCUT2D eigenvalue weighted by molar-refractivity contribution is 6.30. The number of nitrogens with two attached hydrogens (primary N) is 1. The van der Waals surface area contributed by atoms with Crippen LogP contribution >= 0.6 is 11.6 Å². The first-order valence-electron chi connectivity index (χ1n) is 5.15. The third-order valence-corrected chi connectivity index (χ3v) is 2.73. The van der Waals surface area contributed by atoms with Gasteiger partial charge in [-0.05, 0) is 35.7 Å². The molecule has 2 N–H and O–H groups in total. The van der Waals surface area contributed by atoms with Gasteiger partial charge in [0.2, 0.25) is 0 Å². The lowest BCUT2D eigenvalue weighted by Crippen LogP contribution is -2.13. The van der Waals surface area contributed by atoms with Gasteiger partial charge in [-0.25, -0.2) is 0 Å². The maximum absolute atomic E-state index is 6.11. The van der Waals surface area contributed by atoms with Crippen LogP contribution in [0, 0.1) is 0 Å². The minimum Gasteiger partial charge on any atom is -0.324 e. The molecule has 2 aromatic rings. The number of pyridine rings is 1. The topological polar surface area (TPSA) is 38.9 Å². The van der Waals surface area contributed by atoms with Crippen molar-refractivity contribution in [2.75, 3.05) is 0 Å². The summed E-state index contributed by atoms with van der Waals surface area (Å²) in [6.07, 6.45) is 4.39. The predicted octanol–water partition coefficient (Wildman–Crippen LogP) is 2.98. The van der Waals surface area contributed by atoms with Gasteiger partial charge in [0.25, 0.3) is 0 Å². The van der Waals surface area contributed by atoms with Gasteiger partial charge in [0.15, 0.2) is 0 Å². The quantitative estimate of drug-likeness (QED) is 0.884. The van der Waals surface area contributed by atoms with E-state index in [0.717, 1.165) is 22.6 Å². The van der Waals surface area contributed by atoms with Crippen molar-refractivity contribution in [3.05, 3.63) is 64.9 Å². The van der Waals surface area contributed by atoms with E-state index in [2.05, 4.69) is 4.98 Å². The molecule has 0 spiro atoms. The van der Waals surface area contributed by atoms with E-state index in [1.165, 1.54) is 0 Å². The molecule has 3 heteroatoms. The molecule has 1 heterocycles. The molecular formula is C13H13ClN2. The Morgan fingerprint density at radius 2 is 1.94 bits per heavy atom. The van der Waals surface area contributed by atoms with Crippen LogP contribution in [-0.4, -0.2) is 4.98 Å². The summed E-state index contributed by atoms with van der Waals surface area (Å²) in [5, 5.41) is 0.734. The van der Waals surface area contributed by atoms with Crippen LogP contribution in [0.5, 0.6) is 0 Å². The van der Waals surface area contributed by atoms with Crippen molar-refractivity contribution < 1.29 is 0 Å². The van der Waals surface area contributed by atoms with E-state index in [0.29, 0.717) is 0 Å². The highest BCUT2D eigenvalue weighted by Crippen LogP contribution is 2.17. The third kappa shape index (κ3) is 2.81. The summed E-state index contributed by atoms with van der Waals surface area (Å²) >= 11 is 5.83. The first-order chi connectivity index (χ1) is 7.75. The van der Waals surface area contributed by atoms with Crippen LogP contribution in [-0.2, 0) is 6.42 Å². The van der Waals surface area contributed by atoms with Crippen LogP contribution < -0.4 is 5.73 Å². The lowest BCUT2D eigenvalue weighted by atomic mass is 10.0. The molecule has 0 aliphatic rings. The monoisotopic (exact) mass is 232 g/mol. The van der Waals surface area contributed by atoms with Crippen LogP contribution in [0.2, 0.25) is 5.02 Å². The molecule has 0 aliphatic heterocycles. The van der Waals surface area contributed by atoms with Crippen molar-refractivity contribution in [3.8, 4) is 0 Å². The Labute approximate surface area is 100 Å². The summed E-state index contributed by atoms with van der Waals surface area (Å²) in [6, 6.07) is 11.6. The molecule has 0 saturated heterocycles. The summed E-state index contributed by atoms with van der Waals surface area (Å²) in [5.74, 6) is 0. The van der Waals surface area contributed by atoms with Crippen LogP contribution in [0.3, 0.4) is 0 Å². The molecular weight excluding hydrogens is 220 g/mol. The van der Waals surface area contributed by atoms with E-state index in [-0.39, 0.29) is 6.04 Å². The number of rotatable bonds is 3. The van der Waals surface area contributed by atoms with Gasteiger partial charge in [-0.3, -0.25) is 4.98 Å². The minimum absolute atomic E-state index is 0.0125. The molecule has 1 aromatic carbocycles. The van der Waals surface area contributed by atoms with Gasteiger partial charge in [-0.2, -0.15) is 0 Å². The van der Waals surface area contributed by atoms with Crippen LogP contribution in [0.4, 0.5) is 0 Å². The van der Waals surface area contributed by atoms with Gasteiger partial charge in [0, 0.05) is 23.5 Å². The standard InChI is InChI=1S/C13H13ClN2/c14-12-5-3-11(4-6-12)13(15)8-10-2-1-7-16-9-10/h1-7,9,13H,8,15H2. The van der Waals surface area contributed by atoms with Crippen LogP contribution in [0.15, 0.2) is 48.8 Å². The van der Waals surface area contributed by atoms with Crippen molar-refractivity contribution in [1.82, 2.24) is 4.98 Å². The number of halogens is 1. The fourth-order valence-corrected chi connectivity index (χ4v) is 1.73. The molecule has 0 radical (unpaired) electrons. The Morgan fingerprint density at radius 3 is 2.56 bits per heavy atom. The minimum atomic E-state index is -0.0125. The maximum atomic E-state index is 6.11. The van der Waals surface area contributed by atoms with E-state index < -0.39 is 0 Å². The summed E-state index contributed by atoms with van der Waals surface area (Å²) < 4.78 is 0. The van der Waals surface area contributed by atoms with Crippen molar-refractivity contribution in [3.63, 3.8) is 0 Å². The molecule has 0 aliphatic carbocycles. The molecule has 2 nitrogen and oxygen atoms in total. The average Bonchev–Trinajstić information content (AvgIpc) is 2.31. The molecule has 16 heavy (non-hydrogen) atoms. The highest BCUT2D eigenvalue weighted by Gasteiger charge is 2.06. The second-order valence-corrected chi connectivity index (χ2v) is 4.16. The molecule has 0 fully saturated rings. The lowest BCUT2D eigenvalue weighted by molar-refractivity contribution is 0.720. The van der Waals surface area contributed by atoms with E-state index in [4.69, 9.17) is 17.3 Å². The Hall–Kier alpha value is -1.38. The zero-order valence-electron chi connectivity index (χ0n) is 8.81. The fraction of sp³-hybridized carbons (Fsp3) is 0.154. The largest absolute Gasteiger partial charge is 0.324 e. The van der Waals surface area contributed by atoms with Crippen LogP contribution in [0.25, 0.3) is 0 Å². The number of benzene rings is 1. The lowest BCUT2D eigenvalue weighted by Gasteiger charge is -2.11. The number of hydrogen-bond acceptors (Lipinski definition) is 2. The van der Waals surface area contributed by atoms with Gasteiger partial charge in [-0.15, -0.1) is 0 Å². The molecule has 0 amide bonds. The van der Waals surface area contributed by atoms with E-state index in [9.17, 15) is 0 Å². The number of aromatic nitrogens is 1. The SMILES string of the molecule is NC(Cc1cccnc1)c1ccc(Cl)cc1. The van der Waals surface area contributed by atoms with Gasteiger partial charge < -0.3 is 5.73 Å². The van der Waals surface area contributed by atoms with E-state index in [1.807, 2.05) is 42.6 Å². The molecule has 1 aromatic heterocycles. The summed E-state index contributed by atoms with van der Waals surface area (Å²) in [5.41, 5.74) is 8.34. The first kappa shape index (κ1) is 11.1. The van der Waals surface area contributed by atoms with Gasteiger partial charge in [0.05, 0.1) is 0 Å². The zero-order chi connectivity index (χ0) is 11.4. The molecule has 2 rings (SSSR count).